The van der Waals surface area contributed by atoms with Crippen molar-refractivity contribution in [2.24, 2.45) is 0 Å². The van der Waals surface area contributed by atoms with Crippen molar-refractivity contribution in [3.63, 3.8) is 0 Å². The van der Waals surface area contributed by atoms with Gasteiger partial charge < -0.3 is 5.32 Å². The van der Waals surface area contributed by atoms with Gasteiger partial charge in [0.15, 0.2) is 0 Å². The molecule has 6 heteroatoms. The first-order valence-corrected chi connectivity index (χ1v) is 10.2. The molecule has 26 heavy (non-hydrogen) atoms. The van der Waals surface area contributed by atoms with E-state index >= 15 is 0 Å². The molecule has 2 heterocycles. The molecule has 1 saturated heterocycles. The molecule has 1 amide bonds. The van der Waals surface area contributed by atoms with Crippen LogP contribution in [0.1, 0.15) is 37.6 Å². The van der Waals surface area contributed by atoms with Crippen molar-refractivity contribution in [1.82, 2.24) is 15.2 Å². The second-order valence-corrected chi connectivity index (χ2v) is 7.83. The van der Waals surface area contributed by atoms with Crippen LogP contribution in [0.25, 0.3) is 11.3 Å². The van der Waals surface area contributed by atoms with Crippen LogP contribution in [0.2, 0.25) is 0 Å². The van der Waals surface area contributed by atoms with Crippen molar-refractivity contribution in [3.05, 3.63) is 40.5 Å². The number of thiazole rings is 1. The number of aromatic nitrogens is 1. The van der Waals surface area contributed by atoms with Gasteiger partial charge in [-0.25, -0.2) is 9.37 Å². The zero-order valence-corrected chi connectivity index (χ0v) is 16.0. The number of likely N-dealkylation sites (tertiary alicyclic amines) is 1. The number of piperidine rings is 1. The molecule has 1 aromatic carbocycles. The number of nitrogens with zero attached hydrogens (tertiary/aromatic N) is 2. The molecule has 1 unspecified atom stereocenters. The SMILES string of the molecule is CC(CNC(=O)CCc1nc(-c2ccc(F)cc2)cs1)N1CCCCC1. The highest BCUT2D eigenvalue weighted by molar-refractivity contribution is 7.09. The summed E-state index contributed by atoms with van der Waals surface area (Å²) < 4.78 is 13.0. The second kappa shape index (κ2) is 9.24. The minimum absolute atomic E-state index is 0.0763. The number of carbonyl (C=O) groups excluding carboxylic acids is 1. The fraction of sp³-hybridized carbons (Fsp3) is 0.500. The number of aryl methyl sites for hydroxylation is 1. The van der Waals surface area contributed by atoms with Gasteiger partial charge in [0.2, 0.25) is 5.91 Å². The maximum Gasteiger partial charge on any atom is 0.220 e. The molecule has 1 atom stereocenters. The summed E-state index contributed by atoms with van der Waals surface area (Å²) in [6.45, 7) is 5.17. The van der Waals surface area contributed by atoms with Crippen molar-refractivity contribution in [3.8, 4) is 11.3 Å². The number of hydrogen-bond donors (Lipinski definition) is 1. The summed E-state index contributed by atoms with van der Waals surface area (Å²) in [4.78, 5) is 19.1. The normalized spacial score (nSPS) is 16.4. The van der Waals surface area contributed by atoms with Gasteiger partial charge in [-0.05, 0) is 57.1 Å². The van der Waals surface area contributed by atoms with Crippen LogP contribution in [0.15, 0.2) is 29.6 Å². The van der Waals surface area contributed by atoms with Crippen LogP contribution < -0.4 is 5.32 Å². The third-order valence-electron chi connectivity index (χ3n) is 4.87. The predicted octanol–water partition coefficient (Wildman–Crippen LogP) is 3.87. The number of halogens is 1. The summed E-state index contributed by atoms with van der Waals surface area (Å²) in [6.07, 6.45) is 4.93. The van der Waals surface area contributed by atoms with Gasteiger partial charge in [-0.2, -0.15) is 0 Å². The third-order valence-corrected chi connectivity index (χ3v) is 5.77. The Morgan fingerprint density at radius 1 is 1.27 bits per heavy atom. The van der Waals surface area contributed by atoms with Gasteiger partial charge in [0.25, 0.3) is 0 Å². The van der Waals surface area contributed by atoms with Crippen LogP contribution in [0, 0.1) is 5.82 Å². The first-order valence-electron chi connectivity index (χ1n) is 9.33. The van der Waals surface area contributed by atoms with Crippen LogP contribution in [0.4, 0.5) is 4.39 Å². The topological polar surface area (TPSA) is 45.2 Å². The second-order valence-electron chi connectivity index (χ2n) is 6.88. The Morgan fingerprint density at radius 2 is 2.00 bits per heavy atom. The molecule has 0 aliphatic carbocycles. The number of hydrogen-bond acceptors (Lipinski definition) is 4. The number of rotatable bonds is 7. The van der Waals surface area contributed by atoms with E-state index in [4.69, 9.17) is 0 Å². The standard InChI is InChI=1S/C20H26FN3OS/c1-15(24-11-3-2-4-12-24)13-22-19(25)9-10-20-23-18(14-26-20)16-5-7-17(21)8-6-16/h5-8,14-15H,2-4,9-13H2,1H3,(H,22,25). The lowest BCUT2D eigenvalue weighted by atomic mass is 10.1. The Balaban J connectivity index is 1.42. The number of amides is 1. The molecule has 1 aliphatic heterocycles. The molecule has 1 aliphatic rings. The van der Waals surface area contributed by atoms with Crippen LogP contribution in [0.5, 0.6) is 0 Å². The van der Waals surface area contributed by atoms with Crippen molar-refractivity contribution < 1.29 is 9.18 Å². The molecule has 2 aromatic rings. The zero-order chi connectivity index (χ0) is 18.4. The molecule has 4 nitrogen and oxygen atoms in total. The van der Waals surface area contributed by atoms with E-state index in [0.717, 1.165) is 29.4 Å². The van der Waals surface area contributed by atoms with Crippen molar-refractivity contribution in [2.45, 2.75) is 45.1 Å². The minimum Gasteiger partial charge on any atom is -0.355 e. The van der Waals surface area contributed by atoms with E-state index in [0.29, 0.717) is 25.4 Å². The summed E-state index contributed by atoms with van der Waals surface area (Å²) in [6, 6.07) is 6.71. The summed E-state index contributed by atoms with van der Waals surface area (Å²) in [5.74, 6) is -0.174. The molecule has 1 fully saturated rings. The monoisotopic (exact) mass is 375 g/mol. The first kappa shape index (κ1) is 19.0. The van der Waals surface area contributed by atoms with Gasteiger partial charge in [-0.1, -0.05) is 6.42 Å². The Labute approximate surface area is 158 Å². The lowest BCUT2D eigenvalue weighted by Gasteiger charge is -2.32. The fourth-order valence-electron chi connectivity index (χ4n) is 3.24. The number of carbonyl (C=O) groups is 1. The number of benzene rings is 1. The molecule has 1 N–H and O–H groups in total. The van der Waals surface area contributed by atoms with Crippen molar-refractivity contribution in [1.29, 1.82) is 0 Å². The Kier molecular flexibility index (Phi) is 6.74. The zero-order valence-electron chi connectivity index (χ0n) is 15.2. The maximum atomic E-state index is 13.0. The van der Waals surface area contributed by atoms with Crippen LogP contribution in [-0.2, 0) is 11.2 Å². The van der Waals surface area contributed by atoms with E-state index in [1.165, 1.54) is 31.4 Å². The van der Waals surface area contributed by atoms with E-state index in [2.05, 4.69) is 22.1 Å². The Bertz CT molecular complexity index is 710. The van der Waals surface area contributed by atoms with E-state index in [9.17, 15) is 9.18 Å². The summed E-state index contributed by atoms with van der Waals surface area (Å²) in [5.41, 5.74) is 1.73. The molecule has 0 radical (unpaired) electrons. The van der Waals surface area contributed by atoms with Gasteiger partial charge in [0, 0.05) is 36.4 Å². The van der Waals surface area contributed by atoms with Crippen LogP contribution in [-0.4, -0.2) is 41.5 Å². The maximum absolute atomic E-state index is 13.0. The summed E-state index contributed by atoms with van der Waals surface area (Å²) >= 11 is 1.54. The Hall–Kier alpha value is -1.79. The van der Waals surface area contributed by atoms with E-state index in [1.54, 1.807) is 23.5 Å². The quantitative estimate of drug-likeness (QED) is 0.799. The van der Waals surface area contributed by atoms with Gasteiger partial charge in [0.1, 0.15) is 5.82 Å². The molecule has 0 saturated carbocycles. The summed E-state index contributed by atoms with van der Waals surface area (Å²) in [7, 11) is 0. The lowest BCUT2D eigenvalue weighted by Crippen LogP contribution is -2.44. The average Bonchev–Trinajstić information content (AvgIpc) is 3.14. The first-order chi connectivity index (χ1) is 12.6. The number of nitrogens with one attached hydrogen (secondary N) is 1. The molecule has 0 bridgehead atoms. The highest BCUT2D eigenvalue weighted by Gasteiger charge is 2.17. The van der Waals surface area contributed by atoms with Gasteiger partial charge in [-0.15, -0.1) is 11.3 Å². The van der Waals surface area contributed by atoms with Crippen LogP contribution >= 0.6 is 11.3 Å². The van der Waals surface area contributed by atoms with Gasteiger partial charge in [-0.3, -0.25) is 9.69 Å². The predicted molar refractivity (Wildman–Crippen MR) is 104 cm³/mol. The molecule has 3 rings (SSSR count). The average molecular weight is 376 g/mol. The molecular weight excluding hydrogens is 349 g/mol. The summed E-state index contributed by atoms with van der Waals surface area (Å²) in [5, 5.41) is 5.94. The van der Waals surface area contributed by atoms with E-state index in [-0.39, 0.29) is 11.7 Å². The smallest absolute Gasteiger partial charge is 0.220 e. The molecular formula is C20H26FN3OS. The molecule has 1 aromatic heterocycles. The Morgan fingerprint density at radius 3 is 2.73 bits per heavy atom. The van der Waals surface area contributed by atoms with E-state index < -0.39 is 0 Å². The van der Waals surface area contributed by atoms with Crippen molar-refractivity contribution >= 4 is 17.2 Å². The highest BCUT2D eigenvalue weighted by atomic mass is 32.1. The van der Waals surface area contributed by atoms with Crippen LogP contribution in [0.3, 0.4) is 0 Å². The third kappa shape index (κ3) is 5.35. The molecule has 140 valence electrons. The fourth-order valence-corrected chi connectivity index (χ4v) is 4.05. The largest absolute Gasteiger partial charge is 0.355 e. The van der Waals surface area contributed by atoms with E-state index in [1.807, 2.05) is 5.38 Å². The van der Waals surface area contributed by atoms with Gasteiger partial charge >= 0.3 is 0 Å². The minimum atomic E-state index is -0.250. The molecule has 0 spiro atoms. The van der Waals surface area contributed by atoms with Gasteiger partial charge in [0.05, 0.1) is 10.7 Å². The lowest BCUT2D eigenvalue weighted by molar-refractivity contribution is -0.121. The van der Waals surface area contributed by atoms with Crippen molar-refractivity contribution in [2.75, 3.05) is 19.6 Å². The highest BCUT2D eigenvalue weighted by Crippen LogP contribution is 2.22.